The van der Waals surface area contributed by atoms with Crippen LogP contribution in [0, 0.1) is 48.2 Å². The molecule has 0 spiro atoms. The Balaban J connectivity index is 0.000000219. The molecule has 1 heterocycles. The summed E-state index contributed by atoms with van der Waals surface area (Å²) in [5, 5.41) is 0. The Morgan fingerprint density at radius 2 is 1.10 bits per heavy atom. The van der Waals surface area contributed by atoms with Crippen molar-refractivity contribution in [1.29, 1.82) is 0 Å². The number of rotatable bonds is 7. The van der Waals surface area contributed by atoms with E-state index >= 15 is 0 Å². The summed E-state index contributed by atoms with van der Waals surface area (Å²) in [7, 11) is 10.5. The number of hydrogen-bond acceptors (Lipinski definition) is 3. The molecule has 2 aromatic rings. The Labute approximate surface area is 309 Å². The fourth-order valence-electron chi connectivity index (χ4n) is 7.82. The summed E-state index contributed by atoms with van der Waals surface area (Å²) in [6.07, 6.45) is 17.1. The number of allylic oxidation sites excluding steroid dienone is 2. The monoisotopic (exact) mass is 804 g/mol. The van der Waals surface area contributed by atoms with Gasteiger partial charge in [-0.15, -0.1) is 0 Å². The quantitative estimate of drug-likeness (QED) is 0.158. The van der Waals surface area contributed by atoms with Crippen LogP contribution in [0.5, 0.6) is 0 Å². The van der Waals surface area contributed by atoms with Gasteiger partial charge in [0.1, 0.15) is 8.15 Å². The van der Waals surface area contributed by atoms with E-state index < -0.39 is 21.7 Å². The van der Waals surface area contributed by atoms with E-state index in [2.05, 4.69) is 96.1 Å². The van der Waals surface area contributed by atoms with Crippen LogP contribution < -0.4 is 9.80 Å². The van der Waals surface area contributed by atoms with Crippen LogP contribution in [0.2, 0.25) is 0 Å². The average molecular weight is 805 g/mol. The van der Waals surface area contributed by atoms with Gasteiger partial charge in [0.15, 0.2) is 0 Å². The van der Waals surface area contributed by atoms with Crippen LogP contribution in [0.1, 0.15) is 125 Å². The molecule has 0 atom stereocenters. The third-order valence-corrected chi connectivity index (χ3v) is 14.9. The predicted octanol–water partition coefficient (Wildman–Crippen LogP) is 12.9. The Morgan fingerprint density at radius 1 is 0.729 bits per heavy atom. The Hall–Kier alpha value is -0.757. The van der Waals surface area contributed by atoms with Crippen molar-refractivity contribution in [3.05, 3.63) is 76.0 Å². The Bertz CT molecular complexity index is 1210. The molecule has 2 aromatic carbocycles. The van der Waals surface area contributed by atoms with Crippen LogP contribution in [-0.4, -0.2) is 35.1 Å². The molecule has 0 unspecified atom stereocenters. The summed E-state index contributed by atoms with van der Waals surface area (Å²) in [6, 6.07) is 9.12. The van der Waals surface area contributed by atoms with Gasteiger partial charge < -0.3 is 9.80 Å². The minimum Gasteiger partial charge on any atom is -0.502 e. The number of hydrogen-bond donors (Lipinski definition) is 0. The molecule has 0 radical (unpaired) electrons. The summed E-state index contributed by atoms with van der Waals surface area (Å²) in [6.45, 7) is 26.1. The van der Waals surface area contributed by atoms with Crippen LogP contribution in [0.3, 0.4) is 0 Å². The van der Waals surface area contributed by atoms with Gasteiger partial charge in [0.25, 0.3) is 0 Å². The number of benzene rings is 2. The summed E-state index contributed by atoms with van der Waals surface area (Å²) >= 11 is -1.52. The van der Waals surface area contributed by atoms with Gasteiger partial charge in [-0.25, -0.2) is 4.52 Å². The molecule has 272 valence electrons. The molecule has 3 fully saturated rings. The van der Waals surface area contributed by atoms with Crippen molar-refractivity contribution in [2.75, 3.05) is 22.9 Å². The van der Waals surface area contributed by atoms with Crippen molar-refractivity contribution >= 4 is 43.5 Å². The van der Waals surface area contributed by atoms with E-state index in [1.807, 2.05) is 24.5 Å². The molecular formula is C41H65Cl2N2OPRu. The van der Waals surface area contributed by atoms with Gasteiger partial charge in [-0.2, -0.15) is 6.67 Å². The number of anilines is 2. The Kier molecular flexibility index (Phi) is 18.2. The van der Waals surface area contributed by atoms with E-state index in [1.54, 1.807) is 0 Å². The Morgan fingerprint density at radius 3 is 1.40 bits per heavy atom. The van der Waals surface area contributed by atoms with Crippen LogP contribution in [0.4, 0.5) is 11.4 Å². The summed E-state index contributed by atoms with van der Waals surface area (Å²) in [5.74, 6) is 0. The zero-order chi connectivity index (χ0) is 35.4. The molecule has 0 aromatic heterocycles. The van der Waals surface area contributed by atoms with Crippen molar-refractivity contribution < 1.29 is 18.0 Å². The zero-order valence-electron chi connectivity index (χ0n) is 31.7. The molecule has 2 aliphatic carbocycles. The van der Waals surface area contributed by atoms with Crippen LogP contribution in [0.15, 0.2) is 35.9 Å². The molecule has 48 heavy (non-hydrogen) atoms. The van der Waals surface area contributed by atoms with Crippen molar-refractivity contribution in [2.45, 2.75) is 151 Å². The van der Waals surface area contributed by atoms with Gasteiger partial charge in [0.05, 0.1) is 17.4 Å². The fraction of sp³-hybridized carbons (Fsp3) is 0.610. The SMILES string of the molecule is CC(C)=C[CH]=[Ru]([Cl])[Cl].CC(C)O[PH+](C1CCCCC1)C1CCCCC1.Cc1cc(C)c(N2[CH-]N(c3c(C)cc(C)cc3C)CC2)c(C)c1. The van der Waals surface area contributed by atoms with Gasteiger partial charge >= 0.3 is 63.0 Å². The van der Waals surface area contributed by atoms with Crippen molar-refractivity contribution in [3.8, 4) is 0 Å². The molecule has 0 bridgehead atoms. The molecule has 7 heteroatoms. The summed E-state index contributed by atoms with van der Waals surface area (Å²) < 4.78 is 8.31. The minimum atomic E-state index is -1.52. The van der Waals surface area contributed by atoms with Gasteiger partial charge in [0, 0.05) is 24.5 Å². The largest absolute Gasteiger partial charge is 0.502 e. The molecule has 1 aliphatic heterocycles. The van der Waals surface area contributed by atoms with E-state index in [9.17, 15) is 0 Å². The average Bonchev–Trinajstić information content (AvgIpc) is 3.48. The molecule has 2 saturated carbocycles. The molecule has 1 saturated heterocycles. The van der Waals surface area contributed by atoms with Gasteiger partial charge in [-0.3, -0.25) is 0 Å². The van der Waals surface area contributed by atoms with Crippen LogP contribution in [-0.2, 0) is 18.0 Å². The summed E-state index contributed by atoms with van der Waals surface area (Å²) in [5.41, 5.74) is 14.0. The van der Waals surface area contributed by atoms with Gasteiger partial charge in [-0.1, -0.05) is 48.2 Å². The molecule has 0 N–H and O–H groups in total. The molecular weight excluding hydrogens is 739 g/mol. The van der Waals surface area contributed by atoms with Crippen LogP contribution >= 0.6 is 27.5 Å². The minimum absolute atomic E-state index is 0.452. The third-order valence-electron chi connectivity index (χ3n) is 9.57. The van der Waals surface area contributed by atoms with Crippen molar-refractivity contribution in [2.24, 2.45) is 0 Å². The van der Waals surface area contributed by atoms with Gasteiger partial charge in [0.2, 0.25) is 0 Å². The maximum absolute atomic E-state index is 6.43. The van der Waals surface area contributed by atoms with E-state index in [1.165, 1.54) is 115 Å². The molecule has 0 amide bonds. The van der Waals surface area contributed by atoms with E-state index in [0.29, 0.717) is 6.10 Å². The summed E-state index contributed by atoms with van der Waals surface area (Å²) in [4.78, 5) is 4.81. The number of aryl methyl sites for hydroxylation is 6. The van der Waals surface area contributed by atoms with Crippen LogP contribution in [0.25, 0.3) is 0 Å². The maximum Gasteiger partial charge on any atom is 0.139 e. The second kappa shape index (κ2) is 20.9. The third kappa shape index (κ3) is 13.4. The van der Waals surface area contributed by atoms with E-state index in [0.717, 1.165) is 24.4 Å². The first-order valence-electron chi connectivity index (χ1n) is 18.3. The normalized spacial score (nSPS) is 17.5. The first-order chi connectivity index (χ1) is 22.8. The second-order valence-corrected chi connectivity index (χ2v) is 23.3. The predicted molar refractivity (Wildman–Crippen MR) is 216 cm³/mol. The standard InChI is InChI=1S/C21H27N2.C15H29OP.C5H8.2ClH.Ru/c1-14-9-16(3)20(17(4)10-14)22-7-8-23(13-22)21-18(5)11-15(2)12-19(21)6;1-13(2)16-17(14-9-5-3-6-10-14)15-11-7-4-8-12-15;1-4-5(2)3;;;/h9-13H,7-8H2,1-6H3;13-15H,3-12H2,1-2H3;1,4H,2-3H3;2*1H;/q-1;;;;;+2/p-1. The van der Waals surface area contributed by atoms with Crippen molar-refractivity contribution in [1.82, 2.24) is 0 Å². The molecule has 3 nitrogen and oxygen atoms in total. The first kappa shape index (κ1) is 41.7. The number of halogens is 2. The first-order valence-corrected chi connectivity index (χ1v) is 25.3. The van der Waals surface area contributed by atoms with E-state index in [4.69, 9.17) is 23.9 Å². The zero-order valence-corrected chi connectivity index (χ0v) is 35.9. The molecule has 5 rings (SSSR count). The maximum atomic E-state index is 6.43. The topological polar surface area (TPSA) is 15.7 Å². The second-order valence-electron chi connectivity index (χ2n) is 14.8. The number of nitrogens with zero attached hydrogens (tertiary/aromatic N) is 2. The van der Waals surface area contributed by atoms with Gasteiger partial charge in [-0.05, 0) is 129 Å². The van der Waals surface area contributed by atoms with Crippen molar-refractivity contribution in [3.63, 3.8) is 0 Å². The molecule has 3 aliphatic rings. The van der Waals surface area contributed by atoms with E-state index in [-0.39, 0.29) is 0 Å². The smallest absolute Gasteiger partial charge is 0.139 e. The fourth-order valence-corrected chi connectivity index (χ4v) is 12.7.